The third kappa shape index (κ3) is 1.52. The summed E-state index contributed by atoms with van der Waals surface area (Å²) < 4.78 is 0.644. The molecule has 0 spiro atoms. The molecule has 1 N–H and O–H groups in total. The highest BCUT2D eigenvalue weighted by molar-refractivity contribution is 9.10. The highest BCUT2D eigenvalue weighted by Gasteiger charge is 2.08. The van der Waals surface area contributed by atoms with Crippen molar-refractivity contribution in [1.29, 1.82) is 0 Å². The van der Waals surface area contributed by atoms with E-state index < -0.39 is 0 Å². The maximum absolute atomic E-state index is 9.33. The van der Waals surface area contributed by atoms with Crippen molar-refractivity contribution in [2.24, 2.45) is 0 Å². The summed E-state index contributed by atoms with van der Waals surface area (Å²) in [6.07, 6.45) is 0. The molecule has 1 nitrogen and oxygen atoms in total. The van der Waals surface area contributed by atoms with E-state index in [0.29, 0.717) is 9.50 Å². The van der Waals surface area contributed by atoms with Gasteiger partial charge in [0.15, 0.2) is 0 Å². The Bertz CT molecular complexity index is 270. The summed E-state index contributed by atoms with van der Waals surface area (Å²) >= 11 is 9.00. The zero-order valence-corrected chi connectivity index (χ0v) is 8.62. The number of aromatic hydroxyl groups is 1. The van der Waals surface area contributed by atoms with E-state index in [9.17, 15) is 5.11 Å². The molecule has 0 aliphatic carbocycles. The van der Waals surface area contributed by atoms with Crippen LogP contribution in [0.2, 0.25) is 5.02 Å². The fourth-order valence-corrected chi connectivity index (χ4v) is 1.73. The molecule has 0 unspecified atom stereocenters. The van der Waals surface area contributed by atoms with E-state index in [2.05, 4.69) is 15.9 Å². The van der Waals surface area contributed by atoms with Crippen molar-refractivity contribution in [3.63, 3.8) is 0 Å². The molecule has 0 radical (unpaired) electrons. The predicted octanol–water partition coefficient (Wildman–Crippen LogP) is 3.42. The average Bonchev–Trinajstić information content (AvgIpc) is 1.97. The standard InChI is InChI=1S/C8H8BrClO/c1-4-3-6(9)8(11)7(10)5(4)2/h3,11H,1-2H3. The Hall–Kier alpha value is -0.210. The number of benzene rings is 1. The van der Waals surface area contributed by atoms with E-state index in [4.69, 9.17) is 11.6 Å². The van der Waals surface area contributed by atoms with E-state index >= 15 is 0 Å². The number of phenols is 1. The van der Waals surface area contributed by atoms with Crippen LogP contribution in [0.5, 0.6) is 5.75 Å². The second-order valence-corrected chi connectivity index (χ2v) is 3.70. The van der Waals surface area contributed by atoms with Crippen LogP contribution in [-0.2, 0) is 0 Å². The molecular weight excluding hydrogens is 227 g/mol. The van der Waals surface area contributed by atoms with Crippen LogP contribution in [0, 0.1) is 13.8 Å². The number of rotatable bonds is 0. The molecule has 0 aromatic heterocycles. The number of hydrogen-bond acceptors (Lipinski definition) is 1. The summed E-state index contributed by atoms with van der Waals surface area (Å²) in [5.41, 5.74) is 1.99. The second kappa shape index (κ2) is 3.03. The molecule has 0 heterocycles. The van der Waals surface area contributed by atoms with Gasteiger partial charge in [-0.2, -0.15) is 0 Å². The van der Waals surface area contributed by atoms with Gasteiger partial charge in [0.1, 0.15) is 5.75 Å². The van der Waals surface area contributed by atoms with Gasteiger partial charge in [-0.1, -0.05) is 11.6 Å². The summed E-state index contributed by atoms with van der Waals surface area (Å²) in [6.45, 7) is 3.83. The number of hydrogen-bond donors (Lipinski definition) is 1. The Morgan fingerprint density at radius 2 is 2.00 bits per heavy atom. The fourth-order valence-electron chi connectivity index (χ4n) is 0.822. The van der Waals surface area contributed by atoms with E-state index in [1.165, 1.54) is 0 Å². The predicted molar refractivity (Wildman–Crippen MR) is 50.3 cm³/mol. The lowest BCUT2D eigenvalue weighted by atomic mass is 10.1. The van der Waals surface area contributed by atoms with Gasteiger partial charge in [0, 0.05) is 0 Å². The Morgan fingerprint density at radius 3 is 2.55 bits per heavy atom. The first-order valence-corrected chi connectivity index (χ1v) is 4.35. The van der Waals surface area contributed by atoms with Crippen molar-refractivity contribution in [3.8, 4) is 5.75 Å². The summed E-state index contributed by atoms with van der Waals surface area (Å²) in [5, 5.41) is 9.76. The van der Waals surface area contributed by atoms with Gasteiger partial charge in [-0.05, 0) is 47.0 Å². The van der Waals surface area contributed by atoms with Crippen LogP contribution in [0.3, 0.4) is 0 Å². The highest BCUT2D eigenvalue weighted by atomic mass is 79.9. The van der Waals surface area contributed by atoms with Crippen molar-refractivity contribution >= 4 is 27.5 Å². The molecule has 0 bridgehead atoms. The minimum Gasteiger partial charge on any atom is -0.505 e. The summed E-state index contributed by atoms with van der Waals surface area (Å²) in [4.78, 5) is 0. The summed E-state index contributed by atoms with van der Waals surface area (Å²) in [7, 11) is 0. The van der Waals surface area contributed by atoms with Crippen LogP contribution >= 0.6 is 27.5 Å². The lowest BCUT2D eigenvalue weighted by Gasteiger charge is -2.06. The van der Waals surface area contributed by atoms with Gasteiger partial charge < -0.3 is 5.11 Å². The average molecular weight is 236 g/mol. The molecule has 0 saturated carbocycles. The Morgan fingerprint density at radius 1 is 1.45 bits per heavy atom. The zero-order valence-electron chi connectivity index (χ0n) is 6.28. The highest BCUT2D eigenvalue weighted by Crippen LogP contribution is 2.35. The van der Waals surface area contributed by atoms with Crippen molar-refractivity contribution in [2.45, 2.75) is 13.8 Å². The quantitative estimate of drug-likeness (QED) is 0.730. The molecule has 3 heteroatoms. The molecule has 0 atom stereocenters. The van der Waals surface area contributed by atoms with Crippen LogP contribution in [0.4, 0.5) is 0 Å². The Kier molecular flexibility index (Phi) is 2.45. The lowest BCUT2D eigenvalue weighted by Crippen LogP contribution is -1.83. The first-order chi connectivity index (χ1) is 5.04. The number of phenolic OH excluding ortho intramolecular Hbond substituents is 1. The molecule has 0 aliphatic rings. The van der Waals surface area contributed by atoms with Gasteiger partial charge in [-0.25, -0.2) is 0 Å². The van der Waals surface area contributed by atoms with Crippen LogP contribution < -0.4 is 0 Å². The first-order valence-electron chi connectivity index (χ1n) is 3.18. The minimum atomic E-state index is 0.120. The van der Waals surface area contributed by atoms with E-state index in [1.54, 1.807) is 0 Å². The molecule has 0 saturated heterocycles. The maximum atomic E-state index is 9.33. The van der Waals surface area contributed by atoms with Crippen LogP contribution in [-0.4, -0.2) is 5.11 Å². The van der Waals surface area contributed by atoms with E-state index in [0.717, 1.165) is 11.1 Å². The van der Waals surface area contributed by atoms with Gasteiger partial charge >= 0.3 is 0 Å². The monoisotopic (exact) mass is 234 g/mol. The molecule has 60 valence electrons. The summed E-state index contributed by atoms with van der Waals surface area (Å²) in [6, 6.07) is 1.84. The normalized spacial score (nSPS) is 10.2. The number of halogens is 2. The molecule has 0 fully saturated rings. The molecule has 0 amide bonds. The first kappa shape index (κ1) is 8.88. The topological polar surface area (TPSA) is 20.2 Å². The van der Waals surface area contributed by atoms with Crippen molar-refractivity contribution < 1.29 is 5.11 Å². The van der Waals surface area contributed by atoms with Crippen molar-refractivity contribution in [3.05, 3.63) is 26.7 Å². The summed E-state index contributed by atoms with van der Waals surface area (Å²) in [5.74, 6) is 0.120. The third-order valence-electron chi connectivity index (χ3n) is 1.70. The Labute approximate surface area is 79.1 Å². The lowest BCUT2D eigenvalue weighted by molar-refractivity contribution is 0.471. The maximum Gasteiger partial charge on any atom is 0.148 e. The fraction of sp³-hybridized carbons (Fsp3) is 0.250. The van der Waals surface area contributed by atoms with E-state index in [-0.39, 0.29) is 5.75 Å². The third-order valence-corrected chi connectivity index (χ3v) is 2.77. The number of aryl methyl sites for hydroxylation is 1. The van der Waals surface area contributed by atoms with E-state index in [1.807, 2.05) is 19.9 Å². The second-order valence-electron chi connectivity index (χ2n) is 2.46. The Balaban J connectivity index is 3.46. The van der Waals surface area contributed by atoms with Crippen LogP contribution in [0.25, 0.3) is 0 Å². The molecule has 1 aromatic carbocycles. The van der Waals surface area contributed by atoms with Gasteiger partial charge in [-0.15, -0.1) is 0 Å². The SMILES string of the molecule is Cc1cc(Br)c(O)c(Cl)c1C. The molecular formula is C8H8BrClO. The van der Waals surface area contributed by atoms with Crippen molar-refractivity contribution in [1.82, 2.24) is 0 Å². The minimum absolute atomic E-state index is 0.120. The van der Waals surface area contributed by atoms with Gasteiger partial charge in [0.2, 0.25) is 0 Å². The van der Waals surface area contributed by atoms with Gasteiger partial charge in [-0.3, -0.25) is 0 Å². The molecule has 1 aromatic rings. The van der Waals surface area contributed by atoms with Crippen molar-refractivity contribution in [2.75, 3.05) is 0 Å². The smallest absolute Gasteiger partial charge is 0.148 e. The largest absolute Gasteiger partial charge is 0.505 e. The van der Waals surface area contributed by atoms with Gasteiger partial charge in [0.25, 0.3) is 0 Å². The van der Waals surface area contributed by atoms with Gasteiger partial charge in [0.05, 0.1) is 9.50 Å². The molecule has 1 rings (SSSR count). The zero-order chi connectivity index (χ0) is 8.59. The van der Waals surface area contributed by atoms with Crippen LogP contribution in [0.1, 0.15) is 11.1 Å². The van der Waals surface area contributed by atoms with Crippen LogP contribution in [0.15, 0.2) is 10.5 Å². The molecule has 0 aliphatic heterocycles. The molecule has 11 heavy (non-hydrogen) atoms.